The van der Waals surface area contributed by atoms with Crippen molar-refractivity contribution in [1.29, 1.82) is 0 Å². The second-order valence-corrected chi connectivity index (χ2v) is 4.05. The number of hydrogen-bond acceptors (Lipinski definition) is 1. The van der Waals surface area contributed by atoms with E-state index in [4.69, 9.17) is 11.6 Å². The van der Waals surface area contributed by atoms with E-state index in [1.54, 1.807) is 6.20 Å². The lowest BCUT2D eigenvalue weighted by atomic mass is 10.0. The maximum atomic E-state index is 6.04. The third-order valence-electron chi connectivity index (χ3n) is 2.36. The molecule has 1 nitrogen and oxygen atoms in total. The summed E-state index contributed by atoms with van der Waals surface area (Å²) in [5.41, 5.74) is 3.64. The Morgan fingerprint density at radius 3 is 2.92 bits per heavy atom. The normalized spacial score (nSPS) is 13.8. The highest BCUT2D eigenvalue weighted by Gasteiger charge is 2.16. The second kappa shape index (κ2) is 3.15. The molecule has 1 aromatic heterocycles. The number of aromatic nitrogens is 1. The van der Waals surface area contributed by atoms with Gasteiger partial charge in [0.2, 0.25) is 0 Å². The van der Waals surface area contributed by atoms with Gasteiger partial charge in [-0.3, -0.25) is 4.98 Å². The van der Waals surface area contributed by atoms with Crippen molar-refractivity contribution in [2.45, 2.75) is 26.2 Å². The largest absolute Gasteiger partial charge is 0.259 e. The van der Waals surface area contributed by atoms with Gasteiger partial charge in [-0.15, -0.1) is 0 Å². The van der Waals surface area contributed by atoms with Crippen LogP contribution in [0.25, 0.3) is 6.08 Å². The molecule has 0 amide bonds. The van der Waals surface area contributed by atoms with Gasteiger partial charge in [0.1, 0.15) is 0 Å². The number of rotatable bonds is 1. The molecule has 2 rings (SSSR count). The van der Waals surface area contributed by atoms with E-state index in [1.165, 1.54) is 11.1 Å². The molecule has 1 aromatic rings. The standard InChI is InChI=1S/C11H12ClN/c1-7(2)11-9-5-3-4-8(9)10(12)6-13-11/h3,5-7H,4H2,1-2H3. The first-order chi connectivity index (χ1) is 6.20. The molecule has 68 valence electrons. The minimum absolute atomic E-state index is 0.466. The summed E-state index contributed by atoms with van der Waals surface area (Å²) >= 11 is 6.04. The first-order valence-corrected chi connectivity index (χ1v) is 4.91. The molecule has 0 atom stereocenters. The van der Waals surface area contributed by atoms with E-state index < -0.39 is 0 Å². The summed E-state index contributed by atoms with van der Waals surface area (Å²) in [6, 6.07) is 0. The second-order valence-electron chi connectivity index (χ2n) is 3.64. The summed E-state index contributed by atoms with van der Waals surface area (Å²) < 4.78 is 0. The van der Waals surface area contributed by atoms with Crippen LogP contribution in [0.1, 0.15) is 36.6 Å². The van der Waals surface area contributed by atoms with Crippen molar-refractivity contribution in [2.75, 3.05) is 0 Å². The molecule has 0 aromatic carbocycles. The molecule has 13 heavy (non-hydrogen) atoms. The zero-order valence-electron chi connectivity index (χ0n) is 7.84. The van der Waals surface area contributed by atoms with E-state index >= 15 is 0 Å². The summed E-state index contributed by atoms with van der Waals surface area (Å²) in [7, 11) is 0. The highest BCUT2D eigenvalue weighted by Crippen LogP contribution is 2.31. The molecule has 0 saturated carbocycles. The summed E-state index contributed by atoms with van der Waals surface area (Å²) in [5.74, 6) is 0.466. The van der Waals surface area contributed by atoms with Gasteiger partial charge in [0.15, 0.2) is 0 Å². The molecule has 0 saturated heterocycles. The average Bonchev–Trinajstić information content (AvgIpc) is 2.53. The Kier molecular flexibility index (Phi) is 2.12. The summed E-state index contributed by atoms with van der Waals surface area (Å²) in [4.78, 5) is 4.37. The van der Waals surface area contributed by atoms with Crippen LogP contribution < -0.4 is 0 Å². The highest BCUT2D eigenvalue weighted by molar-refractivity contribution is 6.31. The first kappa shape index (κ1) is 8.76. The molecule has 0 bridgehead atoms. The Morgan fingerprint density at radius 2 is 2.23 bits per heavy atom. The zero-order valence-corrected chi connectivity index (χ0v) is 8.60. The van der Waals surface area contributed by atoms with Crippen molar-refractivity contribution >= 4 is 17.7 Å². The van der Waals surface area contributed by atoms with E-state index in [1.807, 2.05) is 0 Å². The quantitative estimate of drug-likeness (QED) is 0.666. The van der Waals surface area contributed by atoms with Gasteiger partial charge in [0.25, 0.3) is 0 Å². The van der Waals surface area contributed by atoms with Gasteiger partial charge in [0.05, 0.1) is 10.7 Å². The molecule has 0 N–H and O–H groups in total. The van der Waals surface area contributed by atoms with E-state index in [0.29, 0.717) is 5.92 Å². The molecule has 1 aliphatic rings. The van der Waals surface area contributed by atoms with Gasteiger partial charge in [-0.2, -0.15) is 0 Å². The van der Waals surface area contributed by atoms with Crippen LogP contribution in [0.3, 0.4) is 0 Å². The van der Waals surface area contributed by atoms with E-state index in [0.717, 1.165) is 17.1 Å². The topological polar surface area (TPSA) is 12.9 Å². The third kappa shape index (κ3) is 1.37. The molecule has 1 heterocycles. The Morgan fingerprint density at radius 1 is 1.46 bits per heavy atom. The van der Waals surface area contributed by atoms with Crippen LogP contribution in [0.4, 0.5) is 0 Å². The van der Waals surface area contributed by atoms with Crippen LogP contribution in [0.15, 0.2) is 12.3 Å². The van der Waals surface area contributed by atoms with Crippen LogP contribution in [-0.2, 0) is 6.42 Å². The number of nitrogens with zero attached hydrogens (tertiary/aromatic N) is 1. The summed E-state index contributed by atoms with van der Waals surface area (Å²) in [5, 5.41) is 0.796. The number of fused-ring (bicyclic) bond motifs is 1. The maximum Gasteiger partial charge on any atom is 0.0630 e. The molecule has 0 unspecified atom stereocenters. The Balaban J connectivity index is 2.61. The third-order valence-corrected chi connectivity index (χ3v) is 2.69. The van der Waals surface area contributed by atoms with Crippen molar-refractivity contribution in [3.63, 3.8) is 0 Å². The van der Waals surface area contributed by atoms with Crippen molar-refractivity contribution in [1.82, 2.24) is 4.98 Å². The van der Waals surface area contributed by atoms with Crippen molar-refractivity contribution in [3.05, 3.63) is 34.1 Å². The summed E-state index contributed by atoms with van der Waals surface area (Å²) in [6.07, 6.45) is 6.99. The lowest BCUT2D eigenvalue weighted by molar-refractivity contribution is 0.817. The lowest BCUT2D eigenvalue weighted by Crippen LogP contribution is -1.98. The van der Waals surface area contributed by atoms with Crippen molar-refractivity contribution in [2.24, 2.45) is 0 Å². The number of allylic oxidation sites excluding steroid dienone is 1. The van der Waals surface area contributed by atoms with Crippen molar-refractivity contribution in [3.8, 4) is 0 Å². The lowest BCUT2D eigenvalue weighted by Gasteiger charge is -2.10. The van der Waals surface area contributed by atoms with E-state index in [-0.39, 0.29) is 0 Å². The summed E-state index contributed by atoms with van der Waals surface area (Å²) in [6.45, 7) is 4.31. The van der Waals surface area contributed by atoms with E-state index in [2.05, 4.69) is 31.0 Å². The van der Waals surface area contributed by atoms with Crippen molar-refractivity contribution < 1.29 is 0 Å². The molecular weight excluding hydrogens is 182 g/mol. The van der Waals surface area contributed by atoms with Crippen LogP contribution in [0.2, 0.25) is 5.02 Å². The zero-order chi connectivity index (χ0) is 9.42. The fraction of sp³-hybridized carbons (Fsp3) is 0.364. The van der Waals surface area contributed by atoms with Gasteiger partial charge in [0, 0.05) is 11.8 Å². The molecule has 0 radical (unpaired) electrons. The molecule has 2 heteroatoms. The molecule has 0 fully saturated rings. The smallest absolute Gasteiger partial charge is 0.0630 e. The van der Waals surface area contributed by atoms with E-state index in [9.17, 15) is 0 Å². The van der Waals surface area contributed by atoms with Crippen LogP contribution in [-0.4, -0.2) is 4.98 Å². The SMILES string of the molecule is CC(C)c1ncc(Cl)c2c1C=CC2. The fourth-order valence-electron chi connectivity index (χ4n) is 1.71. The van der Waals surface area contributed by atoms with Gasteiger partial charge in [-0.25, -0.2) is 0 Å². The predicted octanol–water partition coefficient (Wildman–Crippen LogP) is 3.43. The van der Waals surface area contributed by atoms with Crippen LogP contribution in [0, 0.1) is 0 Å². The van der Waals surface area contributed by atoms with Gasteiger partial charge >= 0.3 is 0 Å². The Labute approximate surface area is 83.4 Å². The molecule has 0 aliphatic heterocycles. The average molecular weight is 194 g/mol. The minimum Gasteiger partial charge on any atom is -0.259 e. The number of halogens is 1. The minimum atomic E-state index is 0.466. The van der Waals surface area contributed by atoms with Gasteiger partial charge in [-0.1, -0.05) is 37.6 Å². The Hall–Kier alpha value is -0.820. The predicted molar refractivity (Wildman–Crippen MR) is 56.1 cm³/mol. The van der Waals surface area contributed by atoms with Gasteiger partial charge < -0.3 is 0 Å². The molecule has 1 aliphatic carbocycles. The van der Waals surface area contributed by atoms with Crippen LogP contribution >= 0.6 is 11.6 Å². The fourth-order valence-corrected chi connectivity index (χ4v) is 1.93. The Bertz CT molecular complexity index is 367. The maximum absolute atomic E-state index is 6.04. The first-order valence-electron chi connectivity index (χ1n) is 4.54. The highest BCUT2D eigenvalue weighted by atomic mass is 35.5. The molecule has 0 spiro atoms. The number of hydrogen-bond donors (Lipinski definition) is 0. The number of pyridine rings is 1. The monoisotopic (exact) mass is 193 g/mol. The van der Waals surface area contributed by atoms with Crippen LogP contribution in [0.5, 0.6) is 0 Å². The van der Waals surface area contributed by atoms with Gasteiger partial charge in [-0.05, 0) is 17.9 Å². The molecular formula is C11H12ClN.